The fourth-order valence-electron chi connectivity index (χ4n) is 2.72. The Morgan fingerprint density at radius 1 is 1.17 bits per heavy atom. The number of amides is 2. The Balaban J connectivity index is 0.00000288. The number of guanidine groups is 1. The number of nitrogens with one attached hydrogen (secondary N) is 1. The molecule has 0 unspecified atom stereocenters. The lowest BCUT2D eigenvalue weighted by molar-refractivity contribution is 0.222. The van der Waals surface area contributed by atoms with Crippen molar-refractivity contribution in [3.63, 3.8) is 0 Å². The molecule has 24 heavy (non-hydrogen) atoms. The van der Waals surface area contributed by atoms with Gasteiger partial charge < -0.3 is 20.0 Å². The molecule has 7 heteroatoms. The second kappa shape index (κ2) is 9.71. The van der Waals surface area contributed by atoms with Gasteiger partial charge in [-0.05, 0) is 30.5 Å². The minimum Gasteiger partial charge on any atom is -0.349 e. The second-order valence-electron chi connectivity index (χ2n) is 6.23. The number of carbonyl (C=O) groups is 1. The highest BCUT2D eigenvalue weighted by Crippen LogP contribution is 2.15. The number of urea groups is 1. The van der Waals surface area contributed by atoms with Crippen LogP contribution in [-0.4, -0.2) is 68.0 Å². The molecule has 1 aliphatic heterocycles. The van der Waals surface area contributed by atoms with E-state index in [1.54, 1.807) is 0 Å². The zero-order chi connectivity index (χ0) is 16.8. The summed E-state index contributed by atoms with van der Waals surface area (Å²) in [7, 11) is 7.91. The summed E-state index contributed by atoms with van der Waals surface area (Å²) >= 11 is 0. The van der Waals surface area contributed by atoms with Crippen LogP contribution in [-0.2, 0) is 6.54 Å². The van der Waals surface area contributed by atoms with Crippen LogP contribution in [0.3, 0.4) is 0 Å². The summed E-state index contributed by atoms with van der Waals surface area (Å²) in [5, 5.41) is 2.98. The van der Waals surface area contributed by atoms with Gasteiger partial charge in [-0.1, -0.05) is 12.1 Å². The molecule has 1 saturated heterocycles. The summed E-state index contributed by atoms with van der Waals surface area (Å²) in [6.45, 7) is 2.29. The van der Waals surface area contributed by atoms with E-state index in [0.29, 0.717) is 6.54 Å². The number of nitrogens with zero attached hydrogens (tertiary/aromatic N) is 4. The standard InChI is InChI=1S/C17H27N5O.HI/c1-20(2)16(21(3)4)18-13-14-8-7-9-15(12-14)19-17(23)22-10-5-6-11-22;/h7-9,12H,5-6,10-11,13H2,1-4H3,(H,19,23);1H. The molecule has 0 atom stereocenters. The third kappa shape index (κ3) is 5.85. The van der Waals surface area contributed by atoms with Gasteiger partial charge in [-0.15, -0.1) is 24.0 Å². The van der Waals surface area contributed by atoms with Gasteiger partial charge in [0.05, 0.1) is 6.54 Å². The van der Waals surface area contributed by atoms with Gasteiger partial charge in [0.15, 0.2) is 5.96 Å². The van der Waals surface area contributed by atoms with Crippen molar-refractivity contribution in [1.82, 2.24) is 14.7 Å². The van der Waals surface area contributed by atoms with Gasteiger partial charge in [-0.25, -0.2) is 9.79 Å². The molecule has 0 spiro atoms. The molecule has 1 aromatic carbocycles. The summed E-state index contributed by atoms with van der Waals surface area (Å²) in [5.74, 6) is 0.913. The van der Waals surface area contributed by atoms with Crippen molar-refractivity contribution in [2.24, 2.45) is 4.99 Å². The topological polar surface area (TPSA) is 51.2 Å². The van der Waals surface area contributed by atoms with Crippen LogP contribution >= 0.6 is 24.0 Å². The Labute approximate surface area is 161 Å². The van der Waals surface area contributed by atoms with Crippen LogP contribution in [0.4, 0.5) is 10.5 Å². The monoisotopic (exact) mass is 445 g/mol. The molecule has 1 aliphatic rings. The number of hydrogen-bond donors (Lipinski definition) is 1. The molecule has 1 heterocycles. The molecule has 0 bridgehead atoms. The maximum atomic E-state index is 12.1. The van der Waals surface area contributed by atoms with Crippen molar-refractivity contribution < 1.29 is 4.79 Å². The van der Waals surface area contributed by atoms with Gasteiger partial charge in [0.2, 0.25) is 0 Å². The van der Waals surface area contributed by atoms with E-state index in [9.17, 15) is 4.79 Å². The molecule has 1 fully saturated rings. The van der Waals surface area contributed by atoms with E-state index < -0.39 is 0 Å². The number of benzene rings is 1. The van der Waals surface area contributed by atoms with Gasteiger partial charge in [0.25, 0.3) is 0 Å². The molecule has 134 valence electrons. The third-order valence-corrected chi connectivity index (χ3v) is 3.77. The fraction of sp³-hybridized carbons (Fsp3) is 0.529. The van der Waals surface area contributed by atoms with E-state index in [4.69, 9.17) is 0 Å². The first kappa shape index (κ1) is 20.5. The highest BCUT2D eigenvalue weighted by molar-refractivity contribution is 14.0. The summed E-state index contributed by atoms with van der Waals surface area (Å²) < 4.78 is 0. The van der Waals surface area contributed by atoms with Gasteiger partial charge in [0, 0.05) is 47.0 Å². The van der Waals surface area contributed by atoms with Crippen molar-refractivity contribution in [2.75, 3.05) is 46.6 Å². The quantitative estimate of drug-likeness (QED) is 0.442. The Morgan fingerprint density at radius 2 is 1.79 bits per heavy atom. The predicted octanol–water partition coefficient (Wildman–Crippen LogP) is 2.91. The molecule has 1 aromatic rings. The van der Waals surface area contributed by atoms with Crippen LogP contribution < -0.4 is 5.32 Å². The molecule has 0 aliphatic carbocycles. The van der Waals surface area contributed by atoms with E-state index in [0.717, 1.165) is 43.1 Å². The van der Waals surface area contributed by atoms with Crippen LogP contribution in [0.1, 0.15) is 18.4 Å². The fourth-order valence-corrected chi connectivity index (χ4v) is 2.72. The highest BCUT2D eigenvalue weighted by Gasteiger charge is 2.17. The molecule has 1 N–H and O–H groups in total. The van der Waals surface area contributed by atoms with Gasteiger partial charge in [0.1, 0.15) is 0 Å². The third-order valence-electron chi connectivity index (χ3n) is 3.77. The molecule has 6 nitrogen and oxygen atoms in total. The van der Waals surface area contributed by atoms with E-state index >= 15 is 0 Å². The summed E-state index contributed by atoms with van der Waals surface area (Å²) in [6, 6.07) is 7.87. The van der Waals surface area contributed by atoms with Crippen LogP contribution in [0.15, 0.2) is 29.3 Å². The van der Waals surface area contributed by atoms with E-state index in [-0.39, 0.29) is 30.0 Å². The normalized spacial score (nSPS) is 13.1. The smallest absolute Gasteiger partial charge is 0.321 e. The lowest BCUT2D eigenvalue weighted by Gasteiger charge is -2.22. The van der Waals surface area contributed by atoms with Crippen molar-refractivity contribution in [2.45, 2.75) is 19.4 Å². The number of halogens is 1. The van der Waals surface area contributed by atoms with Crippen molar-refractivity contribution in [1.29, 1.82) is 0 Å². The average molecular weight is 445 g/mol. The first-order valence-corrected chi connectivity index (χ1v) is 8.01. The molecular weight excluding hydrogens is 417 g/mol. The van der Waals surface area contributed by atoms with Crippen LogP contribution in [0.25, 0.3) is 0 Å². The average Bonchev–Trinajstić information content (AvgIpc) is 3.01. The zero-order valence-corrected chi connectivity index (χ0v) is 17.3. The number of rotatable bonds is 3. The Bertz CT molecular complexity index is 558. The molecule has 0 aromatic heterocycles. The van der Waals surface area contributed by atoms with E-state index in [2.05, 4.69) is 10.3 Å². The lowest BCUT2D eigenvalue weighted by atomic mass is 10.2. The molecule has 0 radical (unpaired) electrons. The number of aliphatic imine (C=N–C) groups is 1. The molecule has 2 rings (SSSR count). The predicted molar refractivity (Wildman–Crippen MR) is 110 cm³/mol. The Kier molecular flexibility index (Phi) is 8.30. The van der Waals surface area contributed by atoms with Gasteiger partial charge >= 0.3 is 6.03 Å². The maximum absolute atomic E-state index is 12.1. The van der Waals surface area contributed by atoms with Crippen LogP contribution in [0.2, 0.25) is 0 Å². The largest absolute Gasteiger partial charge is 0.349 e. The number of likely N-dealkylation sites (tertiary alicyclic amines) is 1. The van der Waals surface area contributed by atoms with Crippen molar-refractivity contribution in [3.8, 4) is 0 Å². The van der Waals surface area contributed by atoms with Crippen molar-refractivity contribution in [3.05, 3.63) is 29.8 Å². The minimum atomic E-state index is -0.00887. The minimum absolute atomic E-state index is 0. The SMILES string of the molecule is CN(C)C(=NCc1cccc(NC(=O)N2CCCC2)c1)N(C)C.I. The Morgan fingerprint density at radius 3 is 2.38 bits per heavy atom. The van der Waals surface area contributed by atoms with Gasteiger partial charge in [-0.2, -0.15) is 0 Å². The number of anilines is 1. The highest BCUT2D eigenvalue weighted by atomic mass is 127. The maximum Gasteiger partial charge on any atom is 0.321 e. The molecule has 2 amide bonds. The first-order chi connectivity index (χ1) is 11.0. The van der Waals surface area contributed by atoms with Crippen molar-refractivity contribution >= 4 is 41.7 Å². The first-order valence-electron chi connectivity index (χ1n) is 8.01. The lowest BCUT2D eigenvalue weighted by Crippen LogP contribution is -2.35. The van der Waals surface area contributed by atoms with Gasteiger partial charge in [-0.3, -0.25) is 0 Å². The molecular formula is C17H28IN5O. The van der Waals surface area contributed by atoms with E-state index in [1.165, 1.54) is 0 Å². The van der Waals surface area contributed by atoms with Crippen LogP contribution in [0.5, 0.6) is 0 Å². The zero-order valence-electron chi connectivity index (χ0n) is 15.0. The van der Waals surface area contributed by atoms with E-state index in [1.807, 2.05) is 67.2 Å². The second-order valence-corrected chi connectivity index (χ2v) is 6.23. The van der Waals surface area contributed by atoms with Crippen LogP contribution in [0, 0.1) is 0 Å². The number of carbonyl (C=O) groups excluding carboxylic acids is 1. The summed E-state index contributed by atoms with van der Waals surface area (Å²) in [6.07, 6.45) is 2.19. The molecule has 0 saturated carbocycles. The summed E-state index contributed by atoms with van der Waals surface area (Å²) in [5.41, 5.74) is 1.90. The number of hydrogen-bond acceptors (Lipinski definition) is 2. The summed E-state index contributed by atoms with van der Waals surface area (Å²) in [4.78, 5) is 22.6. The Hall–Kier alpha value is -1.51.